The number of aromatic nitrogens is 2. The lowest BCUT2D eigenvalue weighted by molar-refractivity contribution is -0.192. The number of hydrogen-bond acceptors (Lipinski definition) is 4. The van der Waals surface area contributed by atoms with Gasteiger partial charge in [0.05, 0.1) is 10.7 Å². The molecule has 0 bridgehead atoms. The van der Waals surface area contributed by atoms with E-state index in [1.54, 1.807) is 0 Å². The summed E-state index contributed by atoms with van der Waals surface area (Å²) in [5.74, 6) is -0.453. The highest BCUT2D eigenvalue weighted by Gasteiger charge is 2.38. The molecule has 0 fully saturated rings. The highest BCUT2D eigenvalue weighted by Crippen LogP contribution is 2.42. The van der Waals surface area contributed by atoms with E-state index in [1.807, 2.05) is 0 Å². The molecule has 2 heterocycles. The van der Waals surface area contributed by atoms with Gasteiger partial charge in [0.1, 0.15) is 5.82 Å². The van der Waals surface area contributed by atoms with Crippen LogP contribution < -0.4 is 9.80 Å². The van der Waals surface area contributed by atoms with Crippen LogP contribution in [0, 0.1) is 34.6 Å². The molecule has 0 unspecified atom stereocenters. The molecule has 6 nitrogen and oxygen atoms in total. The molecule has 0 spiro atoms. The second-order valence-electron chi connectivity index (χ2n) is 10.5. The predicted octanol–water partition coefficient (Wildman–Crippen LogP) is 7.75. The lowest BCUT2D eigenvalue weighted by atomic mass is 10.00. The van der Waals surface area contributed by atoms with Crippen molar-refractivity contribution in [3.8, 4) is 0 Å². The van der Waals surface area contributed by atoms with Crippen molar-refractivity contribution < 1.29 is 23.1 Å². The van der Waals surface area contributed by atoms with Gasteiger partial charge in [-0.05, 0) is 93.3 Å². The first-order valence-corrected chi connectivity index (χ1v) is 13.7. The van der Waals surface area contributed by atoms with Crippen molar-refractivity contribution in [1.29, 1.82) is 0 Å². The number of fused-ring (bicyclic) bond motifs is 1. The molecule has 1 aliphatic heterocycles. The number of carboxylic acid groups (broad SMARTS) is 1. The average molecular weight is 579 g/mol. The van der Waals surface area contributed by atoms with Gasteiger partial charge in [-0.2, -0.15) is 18.3 Å². The Labute approximate surface area is 239 Å². The molecule has 0 aliphatic carbocycles. The molecular weight excluding hydrogens is 541 g/mol. The zero-order chi connectivity index (χ0) is 29.9. The topological polar surface area (TPSA) is 61.6 Å². The number of anilines is 3. The van der Waals surface area contributed by atoms with E-state index in [9.17, 15) is 13.2 Å². The molecular formula is C30H38ClF3N4O2. The van der Waals surface area contributed by atoms with E-state index < -0.39 is 12.1 Å². The van der Waals surface area contributed by atoms with Gasteiger partial charge >= 0.3 is 12.1 Å². The number of halogens is 4. The van der Waals surface area contributed by atoms with Crippen LogP contribution >= 0.6 is 11.6 Å². The van der Waals surface area contributed by atoms with Gasteiger partial charge in [0.25, 0.3) is 0 Å². The van der Waals surface area contributed by atoms with Gasteiger partial charge in [0, 0.05) is 32.2 Å². The summed E-state index contributed by atoms with van der Waals surface area (Å²) in [5.41, 5.74) is 10.3. The monoisotopic (exact) mass is 578 g/mol. The molecule has 40 heavy (non-hydrogen) atoms. The van der Waals surface area contributed by atoms with Crippen LogP contribution in [0.15, 0.2) is 24.3 Å². The van der Waals surface area contributed by atoms with Gasteiger partial charge in [-0.25, -0.2) is 4.79 Å². The van der Waals surface area contributed by atoms with E-state index >= 15 is 0 Å². The number of benzene rings is 2. The number of carbonyl (C=O) groups is 1. The maximum Gasteiger partial charge on any atom is 0.490 e. The van der Waals surface area contributed by atoms with Crippen molar-refractivity contribution in [2.45, 2.75) is 73.5 Å². The van der Waals surface area contributed by atoms with Crippen molar-refractivity contribution in [2.24, 2.45) is 7.05 Å². The summed E-state index contributed by atoms with van der Waals surface area (Å²) in [7, 11) is 2.09. The molecule has 218 valence electrons. The molecule has 3 aromatic rings. The molecule has 1 aliphatic rings. The first-order valence-electron chi connectivity index (χ1n) is 13.4. The smallest absolute Gasteiger partial charge is 0.475 e. The minimum atomic E-state index is -5.08. The Morgan fingerprint density at radius 1 is 1.07 bits per heavy atom. The number of nitrogens with zero attached hydrogens (tertiary/aromatic N) is 4. The molecule has 0 saturated carbocycles. The third-order valence-corrected chi connectivity index (χ3v) is 7.51. The Bertz CT molecular complexity index is 1340. The fourth-order valence-corrected chi connectivity index (χ4v) is 5.76. The van der Waals surface area contributed by atoms with Gasteiger partial charge in [0.2, 0.25) is 0 Å². The summed E-state index contributed by atoms with van der Waals surface area (Å²) in [4.78, 5) is 13.7. The van der Waals surface area contributed by atoms with E-state index in [-0.39, 0.29) is 0 Å². The highest BCUT2D eigenvalue weighted by atomic mass is 35.5. The highest BCUT2D eigenvalue weighted by molar-refractivity contribution is 6.33. The molecule has 2 aromatic carbocycles. The zero-order valence-electron chi connectivity index (χ0n) is 24.2. The van der Waals surface area contributed by atoms with Crippen molar-refractivity contribution >= 4 is 34.9 Å². The normalized spacial score (nSPS) is 13.0. The SMILES string of the molecule is CCCN(Cc1cc(C)c(C)c(C)c1)c1c2c(nn1C)N(c1c(C)cc(C)cc1Cl)CCC2.O=C(O)C(F)(F)F. The van der Waals surface area contributed by atoms with Crippen LogP contribution in [0.1, 0.15) is 58.7 Å². The third kappa shape index (κ3) is 6.92. The van der Waals surface area contributed by atoms with Gasteiger partial charge in [-0.1, -0.05) is 36.7 Å². The average Bonchev–Trinajstić information content (AvgIpc) is 3.18. The zero-order valence-corrected chi connectivity index (χ0v) is 25.0. The Morgan fingerprint density at radius 3 is 2.20 bits per heavy atom. The number of rotatable bonds is 6. The summed E-state index contributed by atoms with van der Waals surface area (Å²) in [6.07, 6.45) is -1.85. The summed E-state index contributed by atoms with van der Waals surface area (Å²) in [5, 5.41) is 13.0. The Kier molecular flexibility index (Phi) is 9.82. The molecule has 1 N–H and O–H groups in total. The molecule has 0 saturated heterocycles. The van der Waals surface area contributed by atoms with E-state index in [4.69, 9.17) is 26.6 Å². The summed E-state index contributed by atoms with van der Waals surface area (Å²) >= 11 is 6.76. The van der Waals surface area contributed by atoms with Crippen molar-refractivity contribution in [3.05, 3.63) is 68.2 Å². The third-order valence-electron chi connectivity index (χ3n) is 7.22. The molecule has 4 rings (SSSR count). The molecule has 0 amide bonds. The van der Waals surface area contributed by atoms with Crippen LogP contribution in [0.5, 0.6) is 0 Å². The van der Waals surface area contributed by atoms with Crippen LogP contribution in [0.2, 0.25) is 5.02 Å². The van der Waals surface area contributed by atoms with Gasteiger partial charge in [-0.15, -0.1) is 0 Å². The maximum absolute atomic E-state index is 10.6. The quantitative estimate of drug-likeness (QED) is 0.324. The summed E-state index contributed by atoms with van der Waals surface area (Å²) in [6, 6.07) is 8.96. The number of aryl methyl sites for hydroxylation is 5. The largest absolute Gasteiger partial charge is 0.490 e. The fourth-order valence-electron chi connectivity index (χ4n) is 5.34. The Morgan fingerprint density at radius 2 is 1.68 bits per heavy atom. The van der Waals surface area contributed by atoms with Crippen molar-refractivity contribution in [3.63, 3.8) is 0 Å². The van der Waals surface area contributed by atoms with Crippen LogP contribution in [-0.2, 0) is 24.8 Å². The van der Waals surface area contributed by atoms with E-state index in [2.05, 4.69) is 87.3 Å². The van der Waals surface area contributed by atoms with E-state index in [0.717, 1.165) is 55.4 Å². The molecule has 0 atom stereocenters. The predicted molar refractivity (Wildman–Crippen MR) is 155 cm³/mol. The van der Waals surface area contributed by atoms with Crippen LogP contribution in [0.25, 0.3) is 0 Å². The van der Waals surface area contributed by atoms with Crippen LogP contribution in [0.3, 0.4) is 0 Å². The Balaban J connectivity index is 0.000000559. The summed E-state index contributed by atoms with van der Waals surface area (Å²) in [6.45, 7) is 16.0. The van der Waals surface area contributed by atoms with Crippen molar-refractivity contribution in [1.82, 2.24) is 9.78 Å². The number of carboxylic acids is 1. The fraction of sp³-hybridized carbons (Fsp3) is 0.467. The maximum atomic E-state index is 10.6. The number of hydrogen-bond donors (Lipinski definition) is 1. The van der Waals surface area contributed by atoms with Crippen LogP contribution in [0.4, 0.5) is 30.5 Å². The van der Waals surface area contributed by atoms with Crippen molar-refractivity contribution in [2.75, 3.05) is 22.9 Å². The summed E-state index contributed by atoms with van der Waals surface area (Å²) < 4.78 is 33.8. The minimum Gasteiger partial charge on any atom is -0.475 e. The molecule has 0 radical (unpaired) electrons. The van der Waals surface area contributed by atoms with Gasteiger partial charge in [-0.3, -0.25) is 4.68 Å². The lowest BCUT2D eigenvalue weighted by Crippen LogP contribution is -2.29. The van der Waals surface area contributed by atoms with E-state index in [1.165, 1.54) is 44.8 Å². The number of alkyl halides is 3. The minimum absolute atomic E-state index is 0.809. The Hall–Kier alpha value is -3.20. The molecule has 10 heteroatoms. The lowest BCUT2D eigenvalue weighted by Gasteiger charge is -2.31. The molecule has 1 aromatic heterocycles. The first-order chi connectivity index (χ1) is 18.6. The van der Waals surface area contributed by atoms with Crippen LogP contribution in [-0.4, -0.2) is 40.1 Å². The van der Waals surface area contributed by atoms with E-state index in [0.29, 0.717) is 0 Å². The van der Waals surface area contributed by atoms with Gasteiger partial charge < -0.3 is 14.9 Å². The second-order valence-corrected chi connectivity index (χ2v) is 10.9. The first kappa shape index (κ1) is 31.3. The van der Waals surface area contributed by atoms with Gasteiger partial charge in [0.15, 0.2) is 5.82 Å². The standard InChI is InChI=1S/C28H37ClN4.C2HF3O2/c1-8-11-32(17-23-15-19(3)22(6)20(4)16-23)28-24-10-9-12-33(27(24)30-31(28)7)26-21(5)13-18(2)14-25(26)29;3-2(4,5)1(6)7/h13-16H,8-12,17H2,1-7H3;(H,6,7). The number of aliphatic carboxylic acids is 1. The second kappa shape index (κ2) is 12.5.